The highest BCUT2D eigenvalue weighted by Crippen LogP contribution is 2.26. The van der Waals surface area contributed by atoms with Gasteiger partial charge in [0.05, 0.1) is 0 Å². The first-order chi connectivity index (χ1) is 5.29. The Balaban J connectivity index is 2.19. The van der Waals surface area contributed by atoms with E-state index in [-0.39, 0.29) is 5.75 Å². The Hall–Kier alpha value is -0.620. The van der Waals surface area contributed by atoms with E-state index < -0.39 is 5.97 Å². The van der Waals surface area contributed by atoms with E-state index in [1.165, 1.54) is 21.6 Å². The largest absolute Gasteiger partial charge is 0.481 e. The van der Waals surface area contributed by atoms with E-state index in [1.807, 2.05) is 0 Å². The van der Waals surface area contributed by atoms with Crippen LogP contribution in [-0.2, 0) is 4.79 Å². The SMILES string of the molecule is O=C(O)CSSc1ncc[nH]1. The molecule has 0 bridgehead atoms. The fraction of sp³-hybridized carbons (Fsp3) is 0.200. The lowest BCUT2D eigenvalue weighted by Gasteiger charge is -1.91. The van der Waals surface area contributed by atoms with E-state index in [2.05, 4.69) is 9.97 Å². The topological polar surface area (TPSA) is 66.0 Å². The van der Waals surface area contributed by atoms with Gasteiger partial charge in [0, 0.05) is 12.4 Å². The molecule has 1 aromatic rings. The van der Waals surface area contributed by atoms with Crippen LogP contribution in [0.15, 0.2) is 17.6 Å². The van der Waals surface area contributed by atoms with Crippen molar-refractivity contribution >= 4 is 27.6 Å². The fourth-order valence-electron chi connectivity index (χ4n) is 0.432. The summed E-state index contributed by atoms with van der Waals surface area (Å²) < 4.78 is 0. The van der Waals surface area contributed by atoms with Crippen molar-refractivity contribution in [2.45, 2.75) is 5.16 Å². The number of nitrogens with one attached hydrogen (secondary N) is 1. The van der Waals surface area contributed by atoms with Crippen LogP contribution in [0.25, 0.3) is 0 Å². The number of imidazole rings is 1. The van der Waals surface area contributed by atoms with Crippen LogP contribution < -0.4 is 0 Å². The van der Waals surface area contributed by atoms with Crippen molar-refractivity contribution in [1.82, 2.24) is 9.97 Å². The summed E-state index contributed by atoms with van der Waals surface area (Å²) in [5.41, 5.74) is 0. The monoisotopic (exact) mass is 190 g/mol. The molecule has 0 aliphatic rings. The number of hydrogen-bond acceptors (Lipinski definition) is 4. The van der Waals surface area contributed by atoms with Crippen molar-refractivity contribution in [3.05, 3.63) is 12.4 Å². The van der Waals surface area contributed by atoms with Gasteiger partial charge in [-0.2, -0.15) is 0 Å². The van der Waals surface area contributed by atoms with Gasteiger partial charge in [-0.1, -0.05) is 10.8 Å². The minimum Gasteiger partial charge on any atom is -0.481 e. The number of H-pyrrole nitrogens is 1. The second kappa shape index (κ2) is 4.30. The lowest BCUT2D eigenvalue weighted by Crippen LogP contribution is -1.95. The van der Waals surface area contributed by atoms with Crippen LogP contribution in [0.4, 0.5) is 0 Å². The summed E-state index contributed by atoms with van der Waals surface area (Å²) in [5.74, 6) is -0.722. The van der Waals surface area contributed by atoms with Crippen LogP contribution in [0.2, 0.25) is 0 Å². The van der Waals surface area contributed by atoms with E-state index in [4.69, 9.17) is 5.11 Å². The number of aliphatic carboxylic acids is 1. The highest BCUT2D eigenvalue weighted by atomic mass is 33.1. The number of carboxylic acids is 1. The Bertz CT molecular complexity index is 224. The van der Waals surface area contributed by atoms with Gasteiger partial charge in [0.1, 0.15) is 5.75 Å². The van der Waals surface area contributed by atoms with E-state index in [0.29, 0.717) is 0 Å². The summed E-state index contributed by atoms with van der Waals surface area (Å²) >= 11 is 0. The summed E-state index contributed by atoms with van der Waals surface area (Å²) in [7, 11) is 2.57. The molecule has 2 N–H and O–H groups in total. The third-order valence-electron chi connectivity index (χ3n) is 0.793. The third-order valence-corrected chi connectivity index (χ3v) is 2.84. The van der Waals surface area contributed by atoms with Gasteiger partial charge in [0.25, 0.3) is 0 Å². The number of rotatable bonds is 4. The molecule has 0 radical (unpaired) electrons. The molecule has 0 saturated carbocycles. The van der Waals surface area contributed by atoms with Gasteiger partial charge in [-0.25, -0.2) is 4.98 Å². The summed E-state index contributed by atoms with van der Waals surface area (Å²) in [6.45, 7) is 0. The predicted molar refractivity (Wildman–Crippen MR) is 44.5 cm³/mol. The molecule has 0 aliphatic carbocycles. The van der Waals surface area contributed by atoms with Crippen LogP contribution in [0, 0.1) is 0 Å². The van der Waals surface area contributed by atoms with Gasteiger partial charge in [-0.05, 0) is 10.8 Å². The lowest BCUT2D eigenvalue weighted by atomic mass is 10.8. The Morgan fingerprint density at radius 1 is 1.82 bits per heavy atom. The number of carboxylic acid groups (broad SMARTS) is 1. The number of carbonyl (C=O) groups is 1. The molecule has 1 rings (SSSR count). The number of aromatic amines is 1. The second-order valence-electron chi connectivity index (χ2n) is 1.63. The van der Waals surface area contributed by atoms with Crippen molar-refractivity contribution in [1.29, 1.82) is 0 Å². The van der Waals surface area contributed by atoms with Crippen LogP contribution >= 0.6 is 21.6 Å². The smallest absolute Gasteiger partial charge is 0.314 e. The van der Waals surface area contributed by atoms with Crippen LogP contribution in [0.5, 0.6) is 0 Å². The molecule has 0 unspecified atom stereocenters. The van der Waals surface area contributed by atoms with Crippen molar-refractivity contribution in [2.24, 2.45) is 0 Å². The van der Waals surface area contributed by atoms with E-state index in [9.17, 15) is 4.79 Å². The van der Waals surface area contributed by atoms with Crippen molar-refractivity contribution in [3.63, 3.8) is 0 Å². The van der Waals surface area contributed by atoms with Gasteiger partial charge >= 0.3 is 5.97 Å². The molecule has 0 aromatic carbocycles. The molecular formula is C5H6N2O2S2. The highest BCUT2D eigenvalue weighted by Gasteiger charge is 1.99. The minimum absolute atomic E-state index is 0.0887. The van der Waals surface area contributed by atoms with E-state index in [1.54, 1.807) is 12.4 Å². The molecule has 6 heteroatoms. The Morgan fingerprint density at radius 3 is 3.18 bits per heavy atom. The lowest BCUT2D eigenvalue weighted by molar-refractivity contribution is -0.133. The van der Waals surface area contributed by atoms with Gasteiger partial charge in [-0.3, -0.25) is 4.79 Å². The quantitative estimate of drug-likeness (QED) is 0.699. The van der Waals surface area contributed by atoms with Crippen LogP contribution in [0.1, 0.15) is 0 Å². The fourth-order valence-corrected chi connectivity index (χ4v) is 2.01. The summed E-state index contributed by atoms with van der Waals surface area (Å²) in [6.07, 6.45) is 3.33. The number of nitrogens with zero attached hydrogens (tertiary/aromatic N) is 1. The summed E-state index contributed by atoms with van der Waals surface area (Å²) in [6, 6.07) is 0. The zero-order valence-electron chi connectivity index (χ0n) is 5.48. The minimum atomic E-state index is -0.811. The zero-order valence-corrected chi connectivity index (χ0v) is 7.11. The molecule has 0 amide bonds. The molecule has 11 heavy (non-hydrogen) atoms. The maximum absolute atomic E-state index is 10.1. The Kier molecular flexibility index (Phi) is 3.31. The maximum Gasteiger partial charge on any atom is 0.314 e. The van der Waals surface area contributed by atoms with Crippen molar-refractivity contribution in [3.8, 4) is 0 Å². The van der Waals surface area contributed by atoms with Crippen molar-refractivity contribution in [2.75, 3.05) is 5.75 Å². The molecule has 0 aliphatic heterocycles. The molecule has 1 aromatic heterocycles. The number of aromatic nitrogens is 2. The summed E-state index contributed by atoms with van der Waals surface area (Å²) in [5, 5.41) is 9.01. The summed E-state index contributed by atoms with van der Waals surface area (Å²) in [4.78, 5) is 16.8. The Labute approximate surface area is 71.2 Å². The standard InChI is InChI=1S/C5H6N2O2S2/c8-4(9)3-10-11-5-6-1-2-7-5/h1-2H,3H2,(H,6,7)(H,8,9). The van der Waals surface area contributed by atoms with Gasteiger partial charge in [0.2, 0.25) is 0 Å². The average Bonchev–Trinajstić information content (AvgIpc) is 2.39. The Morgan fingerprint density at radius 2 is 2.64 bits per heavy atom. The zero-order chi connectivity index (χ0) is 8.10. The van der Waals surface area contributed by atoms with Gasteiger partial charge in [0.15, 0.2) is 5.16 Å². The third kappa shape index (κ3) is 3.33. The van der Waals surface area contributed by atoms with Crippen molar-refractivity contribution < 1.29 is 9.90 Å². The molecule has 0 spiro atoms. The van der Waals surface area contributed by atoms with E-state index >= 15 is 0 Å². The number of hydrogen-bond donors (Lipinski definition) is 2. The van der Waals surface area contributed by atoms with Gasteiger partial charge in [-0.15, -0.1) is 0 Å². The first kappa shape index (κ1) is 8.48. The first-order valence-electron chi connectivity index (χ1n) is 2.79. The van der Waals surface area contributed by atoms with Crippen LogP contribution in [0.3, 0.4) is 0 Å². The molecule has 1 heterocycles. The van der Waals surface area contributed by atoms with E-state index in [0.717, 1.165) is 5.16 Å². The van der Waals surface area contributed by atoms with Crippen LogP contribution in [-0.4, -0.2) is 26.8 Å². The maximum atomic E-state index is 10.1. The highest BCUT2D eigenvalue weighted by molar-refractivity contribution is 8.76. The molecule has 0 saturated heterocycles. The molecule has 60 valence electrons. The first-order valence-corrected chi connectivity index (χ1v) is 5.11. The molecule has 0 fully saturated rings. The molecule has 0 atom stereocenters. The van der Waals surface area contributed by atoms with Gasteiger partial charge < -0.3 is 10.1 Å². The average molecular weight is 190 g/mol. The second-order valence-corrected chi connectivity index (χ2v) is 3.92. The molecule has 4 nitrogen and oxygen atoms in total. The molecular weight excluding hydrogens is 184 g/mol. The predicted octanol–water partition coefficient (Wildman–Crippen LogP) is 1.23. The normalized spacial score (nSPS) is 9.82.